The molecule has 0 amide bonds. The molecule has 0 spiro atoms. The van der Waals surface area contributed by atoms with Crippen LogP contribution in [0, 0.1) is 6.92 Å². The highest BCUT2D eigenvalue weighted by atomic mass is 32.1. The molecule has 0 atom stereocenters. The number of nitrogens with one attached hydrogen (secondary N) is 1. The SMILES string of the molecule is CCCCCCCOc1ccccc1/C=N\Nc1nc(-c2ccc(C)cc2)cs1. The highest BCUT2D eigenvalue weighted by molar-refractivity contribution is 7.14. The number of benzene rings is 2. The summed E-state index contributed by atoms with van der Waals surface area (Å²) in [5, 5.41) is 7.16. The Labute approximate surface area is 177 Å². The molecule has 4 nitrogen and oxygen atoms in total. The largest absolute Gasteiger partial charge is 0.493 e. The van der Waals surface area contributed by atoms with E-state index in [4.69, 9.17) is 4.74 Å². The lowest BCUT2D eigenvalue weighted by Gasteiger charge is -2.08. The first-order valence-electron chi connectivity index (χ1n) is 10.3. The number of hydrogen-bond donors (Lipinski definition) is 1. The van der Waals surface area contributed by atoms with Crippen LogP contribution in [0.3, 0.4) is 0 Å². The Balaban J connectivity index is 1.53. The van der Waals surface area contributed by atoms with Gasteiger partial charge in [-0.05, 0) is 25.5 Å². The topological polar surface area (TPSA) is 46.5 Å². The third-order valence-electron chi connectivity index (χ3n) is 4.64. The van der Waals surface area contributed by atoms with E-state index in [9.17, 15) is 0 Å². The van der Waals surface area contributed by atoms with Crippen molar-refractivity contribution in [3.63, 3.8) is 0 Å². The van der Waals surface area contributed by atoms with Gasteiger partial charge in [0.1, 0.15) is 5.75 Å². The van der Waals surface area contributed by atoms with E-state index < -0.39 is 0 Å². The number of thiazole rings is 1. The molecule has 3 aromatic rings. The third-order valence-corrected chi connectivity index (χ3v) is 5.39. The first-order chi connectivity index (χ1) is 14.3. The number of rotatable bonds is 11. The Hall–Kier alpha value is -2.66. The van der Waals surface area contributed by atoms with Gasteiger partial charge in [-0.25, -0.2) is 4.98 Å². The average Bonchev–Trinajstić information content (AvgIpc) is 3.21. The van der Waals surface area contributed by atoms with Crippen LogP contribution in [-0.4, -0.2) is 17.8 Å². The highest BCUT2D eigenvalue weighted by Crippen LogP contribution is 2.25. The number of unbranched alkanes of at least 4 members (excludes halogenated alkanes) is 4. The number of hydrazone groups is 1. The van der Waals surface area contributed by atoms with Gasteiger partial charge >= 0.3 is 0 Å². The molecule has 0 aliphatic heterocycles. The minimum Gasteiger partial charge on any atom is -0.493 e. The Morgan fingerprint density at radius 2 is 1.83 bits per heavy atom. The summed E-state index contributed by atoms with van der Waals surface area (Å²) in [4.78, 5) is 4.61. The number of para-hydroxylation sites is 1. The lowest BCUT2D eigenvalue weighted by Crippen LogP contribution is -2.00. The van der Waals surface area contributed by atoms with E-state index in [0.29, 0.717) is 0 Å². The van der Waals surface area contributed by atoms with Crippen LogP contribution in [0.4, 0.5) is 5.13 Å². The van der Waals surface area contributed by atoms with Crippen molar-refractivity contribution in [3.8, 4) is 17.0 Å². The maximum absolute atomic E-state index is 5.96. The molecule has 0 fully saturated rings. The second kappa shape index (κ2) is 11.4. The maximum atomic E-state index is 5.96. The molecule has 0 unspecified atom stereocenters. The van der Waals surface area contributed by atoms with Crippen LogP contribution in [0.15, 0.2) is 59.0 Å². The fourth-order valence-corrected chi connectivity index (χ4v) is 3.61. The summed E-state index contributed by atoms with van der Waals surface area (Å²) in [7, 11) is 0. The van der Waals surface area contributed by atoms with Crippen LogP contribution in [0.5, 0.6) is 5.75 Å². The van der Waals surface area contributed by atoms with Crippen molar-refractivity contribution in [2.75, 3.05) is 12.0 Å². The van der Waals surface area contributed by atoms with Gasteiger partial charge in [-0.15, -0.1) is 11.3 Å². The van der Waals surface area contributed by atoms with Crippen molar-refractivity contribution < 1.29 is 4.74 Å². The molecule has 1 N–H and O–H groups in total. The molecular formula is C24H29N3OS. The lowest BCUT2D eigenvalue weighted by atomic mass is 10.1. The molecule has 0 bridgehead atoms. The van der Waals surface area contributed by atoms with Crippen LogP contribution in [-0.2, 0) is 0 Å². The molecule has 1 aromatic heterocycles. The Bertz CT molecular complexity index is 902. The number of ether oxygens (including phenoxy) is 1. The summed E-state index contributed by atoms with van der Waals surface area (Å²) < 4.78 is 5.96. The predicted octanol–water partition coefficient (Wildman–Crippen LogP) is 6.91. The van der Waals surface area contributed by atoms with Gasteiger partial charge < -0.3 is 4.74 Å². The smallest absolute Gasteiger partial charge is 0.203 e. The van der Waals surface area contributed by atoms with Crippen LogP contribution < -0.4 is 10.2 Å². The molecule has 0 radical (unpaired) electrons. The Morgan fingerprint density at radius 1 is 1.03 bits per heavy atom. The fraction of sp³-hybridized carbons (Fsp3) is 0.333. The molecule has 3 rings (SSSR count). The van der Waals surface area contributed by atoms with E-state index >= 15 is 0 Å². The fourth-order valence-electron chi connectivity index (χ4n) is 2.95. The van der Waals surface area contributed by atoms with Crippen LogP contribution in [0.2, 0.25) is 0 Å². The van der Waals surface area contributed by atoms with Gasteiger partial charge in [-0.2, -0.15) is 5.10 Å². The normalized spacial score (nSPS) is 11.1. The van der Waals surface area contributed by atoms with Crippen molar-refractivity contribution in [1.29, 1.82) is 0 Å². The molecule has 0 saturated carbocycles. The van der Waals surface area contributed by atoms with Crippen LogP contribution >= 0.6 is 11.3 Å². The summed E-state index contributed by atoms with van der Waals surface area (Å²) >= 11 is 1.54. The van der Waals surface area contributed by atoms with E-state index in [1.807, 2.05) is 29.6 Å². The second-order valence-electron chi connectivity index (χ2n) is 7.07. The minimum absolute atomic E-state index is 0.744. The quantitative estimate of drug-likeness (QED) is 0.213. The minimum atomic E-state index is 0.744. The summed E-state index contributed by atoms with van der Waals surface area (Å²) in [6.45, 7) is 5.06. The van der Waals surface area contributed by atoms with E-state index in [1.54, 1.807) is 17.6 Å². The van der Waals surface area contributed by atoms with Gasteiger partial charge in [0, 0.05) is 16.5 Å². The zero-order chi connectivity index (χ0) is 20.3. The zero-order valence-corrected chi connectivity index (χ0v) is 18.0. The molecule has 0 aliphatic carbocycles. The zero-order valence-electron chi connectivity index (χ0n) is 17.2. The average molecular weight is 408 g/mol. The van der Waals surface area contributed by atoms with Crippen LogP contribution in [0.25, 0.3) is 11.3 Å². The molecule has 0 saturated heterocycles. The summed E-state index contributed by atoms with van der Waals surface area (Å²) in [6, 6.07) is 16.4. The van der Waals surface area contributed by atoms with Crippen LogP contribution in [0.1, 0.15) is 50.2 Å². The van der Waals surface area contributed by atoms with Crippen molar-refractivity contribution in [1.82, 2.24) is 4.98 Å². The summed E-state index contributed by atoms with van der Waals surface area (Å²) in [5.41, 5.74) is 7.31. The standard InChI is InChI=1S/C24H29N3OS/c1-3-4-5-6-9-16-28-23-11-8-7-10-21(23)17-25-27-24-26-22(18-29-24)20-14-12-19(2)13-15-20/h7-8,10-15,17-18H,3-6,9,16H2,1-2H3,(H,26,27)/b25-17-. The number of hydrogen-bond acceptors (Lipinski definition) is 5. The van der Waals surface area contributed by atoms with E-state index in [1.165, 1.54) is 31.2 Å². The van der Waals surface area contributed by atoms with E-state index in [2.05, 4.69) is 53.6 Å². The first kappa shape index (κ1) is 21.1. The highest BCUT2D eigenvalue weighted by Gasteiger charge is 2.04. The first-order valence-corrected chi connectivity index (χ1v) is 11.2. The van der Waals surface area contributed by atoms with E-state index in [0.717, 1.165) is 40.7 Å². The summed E-state index contributed by atoms with van der Waals surface area (Å²) in [6.07, 6.45) is 7.95. The van der Waals surface area contributed by atoms with Crippen molar-refractivity contribution in [2.45, 2.75) is 46.0 Å². The van der Waals surface area contributed by atoms with Gasteiger partial charge in [-0.1, -0.05) is 74.6 Å². The molecule has 0 aliphatic rings. The lowest BCUT2D eigenvalue weighted by molar-refractivity contribution is 0.304. The number of aromatic nitrogens is 1. The van der Waals surface area contributed by atoms with E-state index in [-0.39, 0.29) is 0 Å². The monoisotopic (exact) mass is 407 g/mol. The van der Waals surface area contributed by atoms with Gasteiger partial charge in [-0.3, -0.25) is 5.43 Å². The third kappa shape index (κ3) is 6.71. The molecule has 152 valence electrons. The van der Waals surface area contributed by atoms with Crippen molar-refractivity contribution in [2.24, 2.45) is 5.10 Å². The second-order valence-corrected chi connectivity index (χ2v) is 7.93. The maximum Gasteiger partial charge on any atom is 0.203 e. The molecular weight excluding hydrogens is 378 g/mol. The van der Waals surface area contributed by atoms with Gasteiger partial charge in [0.25, 0.3) is 0 Å². The van der Waals surface area contributed by atoms with Gasteiger partial charge in [0.05, 0.1) is 18.5 Å². The van der Waals surface area contributed by atoms with Gasteiger partial charge in [0.15, 0.2) is 0 Å². The molecule has 29 heavy (non-hydrogen) atoms. The Kier molecular flexibility index (Phi) is 8.25. The molecule has 5 heteroatoms. The Morgan fingerprint density at radius 3 is 2.66 bits per heavy atom. The number of nitrogens with zero attached hydrogens (tertiary/aromatic N) is 2. The predicted molar refractivity (Wildman–Crippen MR) is 124 cm³/mol. The number of anilines is 1. The van der Waals surface area contributed by atoms with Crippen molar-refractivity contribution >= 4 is 22.7 Å². The summed E-state index contributed by atoms with van der Waals surface area (Å²) in [5.74, 6) is 0.869. The molecule has 1 heterocycles. The van der Waals surface area contributed by atoms with Crippen molar-refractivity contribution in [3.05, 3.63) is 65.0 Å². The van der Waals surface area contributed by atoms with Gasteiger partial charge in [0.2, 0.25) is 5.13 Å². The number of aryl methyl sites for hydroxylation is 1. The molecule has 2 aromatic carbocycles.